The number of nitrogens with one attached hydrogen (secondary N) is 2. The molecule has 2 amide bonds. The van der Waals surface area contributed by atoms with E-state index in [0.29, 0.717) is 22.5 Å². The molecule has 0 spiro atoms. The van der Waals surface area contributed by atoms with Crippen molar-refractivity contribution < 1.29 is 14.0 Å². The molecule has 0 saturated heterocycles. The summed E-state index contributed by atoms with van der Waals surface area (Å²) in [6.45, 7) is 5.21. The molecule has 2 N–H and O–H groups in total. The van der Waals surface area contributed by atoms with Crippen LogP contribution in [-0.2, 0) is 9.59 Å². The van der Waals surface area contributed by atoms with E-state index in [1.165, 1.54) is 18.7 Å². The molecule has 0 radical (unpaired) electrons. The first kappa shape index (κ1) is 19.6. The summed E-state index contributed by atoms with van der Waals surface area (Å²) >= 11 is 1.19. The second-order valence-corrected chi connectivity index (χ2v) is 7.54. The van der Waals surface area contributed by atoms with Gasteiger partial charge < -0.3 is 15.1 Å². The van der Waals surface area contributed by atoms with Crippen molar-refractivity contribution in [1.29, 1.82) is 0 Å². The van der Waals surface area contributed by atoms with Crippen LogP contribution in [-0.4, -0.2) is 27.3 Å². The number of benzene rings is 2. The molecular weight excluding hydrogens is 376 g/mol. The van der Waals surface area contributed by atoms with E-state index >= 15 is 0 Å². The standard InChI is InChI=1S/C20H20N4O3S/c1-12-4-6-15(7-5-12)19-23-24-20(27-19)28-13(2)18(26)22-17-10-8-16(9-11-17)21-14(3)25/h4-11,13H,1-3H3,(H,21,25)(H,22,26)/t13-/m1/s1. The first-order chi connectivity index (χ1) is 13.4. The Morgan fingerprint density at radius 1 is 0.964 bits per heavy atom. The number of aromatic nitrogens is 2. The summed E-state index contributed by atoms with van der Waals surface area (Å²) < 4.78 is 5.65. The van der Waals surface area contributed by atoms with E-state index in [9.17, 15) is 9.59 Å². The smallest absolute Gasteiger partial charge is 0.277 e. The fourth-order valence-electron chi connectivity index (χ4n) is 2.36. The van der Waals surface area contributed by atoms with Gasteiger partial charge in [-0.05, 0) is 50.2 Å². The minimum Gasteiger partial charge on any atom is -0.411 e. The predicted molar refractivity (Wildman–Crippen MR) is 109 cm³/mol. The van der Waals surface area contributed by atoms with Gasteiger partial charge in [-0.2, -0.15) is 0 Å². The van der Waals surface area contributed by atoms with Gasteiger partial charge in [0, 0.05) is 23.9 Å². The lowest BCUT2D eigenvalue weighted by molar-refractivity contribution is -0.115. The lowest BCUT2D eigenvalue weighted by atomic mass is 10.1. The van der Waals surface area contributed by atoms with Crippen LogP contribution >= 0.6 is 11.8 Å². The fourth-order valence-corrected chi connectivity index (χ4v) is 3.04. The van der Waals surface area contributed by atoms with Crippen LogP contribution < -0.4 is 10.6 Å². The van der Waals surface area contributed by atoms with Gasteiger partial charge in [-0.1, -0.05) is 29.5 Å². The topological polar surface area (TPSA) is 97.1 Å². The summed E-state index contributed by atoms with van der Waals surface area (Å²) in [5, 5.41) is 13.5. The third kappa shape index (κ3) is 5.20. The SMILES string of the molecule is CC(=O)Nc1ccc(NC(=O)[C@@H](C)Sc2nnc(-c3ccc(C)cc3)o2)cc1. The summed E-state index contributed by atoms with van der Waals surface area (Å²) in [6.07, 6.45) is 0. The van der Waals surface area contributed by atoms with Crippen LogP contribution in [0.2, 0.25) is 0 Å². The van der Waals surface area contributed by atoms with Crippen LogP contribution in [0.3, 0.4) is 0 Å². The van der Waals surface area contributed by atoms with E-state index in [1.54, 1.807) is 31.2 Å². The first-order valence-corrected chi connectivity index (χ1v) is 9.54. The summed E-state index contributed by atoms with van der Waals surface area (Å²) in [5.41, 5.74) is 3.29. The molecule has 0 bridgehead atoms. The van der Waals surface area contributed by atoms with Crippen molar-refractivity contribution >= 4 is 35.0 Å². The highest BCUT2D eigenvalue weighted by molar-refractivity contribution is 8.00. The van der Waals surface area contributed by atoms with Crippen LogP contribution in [0.15, 0.2) is 58.2 Å². The molecule has 3 rings (SSSR count). The minimum absolute atomic E-state index is 0.147. The number of nitrogens with zero attached hydrogens (tertiary/aromatic N) is 2. The van der Waals surface area contributed by atoms with E-state index in [-0.39, 0.29) is 11.8 Å². The molecule has 0 unspecified atom stereocenters. The molecular formula is C20H20N4O3S. The molecule has 1 aromatic heterocycles. The lowest BCUT2D eigenvalue weighted by Crippen LogP contribution is -2.22. The van der Waals surface area contributed by atoms with E-state index in [0.717, 1.165) is 11.1 Å². The summed E-state index contributed by atoms with van der Waals surface area (Å²) in [5.74, 6) is 0.0856. The predicted octanol–water partition coefficient (Wildman–Crippen LogP) is 4.12. The number of carbonyl (C=O) groups is 2. The maximum atomic E-state index is 12.4. The summed E-state index contributed by atoms with van der Waals surface area (Å²) in [6, 6.07) is 14.7. The molecule has 7 nitrogen and oxygen atoms in total. The number of anilines is 2. The van der Waals surface area contributed by atoms with Gasteiger partial charge in [0.2, 0.25) is 17.7 Å². The molecule has 0 fully saturated rings. The van der Waals surface area contributed by atoms with Gasteiger partial charge in [0.05, 0.1) is 5.25 Å². The second kappa shape index (κ2) is 8.71. The van der Waals surface area contributed by atoms with Crippen LogP contribution in [0.4, 0.5) is 11.4 Å². The van der Waals surface area contributed by atoms with Crippen molar-refractivity contribution in [2.45, 2.75) is 31.2 Å². The Kier molecular flexibility index (Phi) is 6.10. The quantitative estimate of drug-likeness (QED) is 0.608. The molecule has 1 atom stereocenters. The summed E-state index contributed by atoms with van der Waals surface area (Å²) in [4.78, 5) is 23.4. The Morgan fingerprint density at radius 2 is 1.57 bits per heavy atom. The van der Waals surface area contributed by atoms with Crippen molar-refractivity contribution in [3.05, 3.63) is 54.1 Å². The van der Waals surface area contributed by atoms with E-state index < -0.39 is 5.25 Å². The molecule has 8 heteroatoms. The van der Waals surface area contributed by atoms with Crippen LogP contribution in [0.5, 0.6) is 0 Å². The Bertz CT molecular complexity index is 968. The number of aryl methyl sites for hydroxylation is 1. The zero-order valence-corrected chi connectivity index (χ0v) is 16.5. The van der Waals surface area contributed by atoms with E-state index in [4.69, 9.17) is 4.42 Å². The van der Waals surface area contributed by atoms with Crippen molar-refractivity contribution in [1.82, 2.24) is 10.2 Å². The number of amides is 2. The number of hydrogen-bond donors (Lipinski definition) is 2. The van der Waals surface area contributed by atoms with Gasteiger partial charge in [0.1, 0.15) is 0 Å². The molecule has 3 aromatic rings. The maximum Gasteiger partial charge on any atom is 0.277 e. The zero-order chi connectivity index (χ0) is 20.1. The van der Waals surface area contributed by atoms with Gasteiger partial charge in [-0.25, -0.2) is 0 Å². The molecule has 1 heterocycles. The Hall–Kier alpha value is -3.13. The first-order valence-electron chi connectivity index (χ1n) is 8.66. The van der Waals surface area contributed by atoms with Crippen molar-refractivity contribution in [3.63, 3.8) is 0 Å². The largest absolute Gasteiger partial charge is 0.411 e. The molecule has 0 saturated carbocycles. The minimum atomic E-state index is -0.429. The van der Waals surface area contributed by atoms with Crippen molar-refractivity contribution in [3.8, 4) is 11.5 Å². The molecule has 144 valence electrons. The van der Waals surface area contributed by atoms with Crippen molar-refractivity contribution in [2.75, 3.05) is 10.6 Å². The highest BCUT2D eigenvalue weighted by Crippen LogP contribution is 2.27. The molecule has 0 aliphatic heterocycles. The maximum absolute atomic E-state index is 12.4. The highest BCUT2D eigenvalue weighted by atomic mass is 32.2. The molecule has 28 heavy (non-hydrogen) atoms. The Balaban J connectivity index is 1.58. The molecule has 0 aliphatic carbocycles. The number of hydrogen-bond acceptors (Lipinski definition) is 6. The second-order valence-electron chi connectivity index (χ2n) is 6.25. The third-order valence-corrected chi connectivity index (χ3v) is 4.76. The van der Waals surface area contributed by atoms with Gasteiger partial charge in [-0.3, -0.25) is 9.59 Å². The lowest BCUT2D eigenvalue weighted by Gasteiger charge is -2.10. The third-order valence-electron chi connectivity index (χ3n) is 3.82. The molecule has 2 aromatic carbocycles. The van der Waals surface area contributed by atoms with Gasteiger partial charge in [-0.15, -0.1) is 10.2 Å². The Labute approximate surface area is 166 Å². The fraction of sp³-hybridized carbons (Fsp3) is 0.200. The average molecular weight is 396 g/mol. The number of carbonyl (C=O) groups excluding carboxylic acids is 2. The van der Waals surface area contributed by atoms with Crippen molar-refractivity contribution in [2.24, 2.45) is 0 Å². The van der Waals surface area contributed by atoms with Gasteiger partial charge in [0.25, 0.3) is 5.22 Å². The highest BCUT2D eigenvalue weighted by Gasteiger charge is 2.19. The average Bonchev–Trinajstić information content (AvgIpc) is 3.12. The normalized spacial score (nSPS) is 11.7. The van der Waals surface area contributed by atoms with Crippen LogP contribution in [0, 0.1) is 6.92 Å². The monoisotopic (exact) mass is 396 g/mol. The number of rotatable bonds is 6. The van der Waals surface area contributed by atoms with E-state index in [2.05, 4.69) is 20.8 Å². The van der Waals surface area contributed by atoms with Crippen LogP contribution in [0.1, 0.15) is 19.4 Å². The Morgan fingerprint density at radius 3 is 2.18 bits per heavy atom. The summed E-state index contributed by atoms with van der Waals surface area (Å²) in [7, 11) is 0. The van der Waals surface area contributed by atoms with Gasteiger partial charge >= 0.3 is 0 Å². The number of thioether (sulfide) groups is 1. The van der Waals surface area contributed by atoms with Crippen LogP contribution in [0.25, 0.3) is 11.5 Å². The zero-order valence-electron chi connectivity index (χ0n) is 15.7. The van der Waals surface area contributed by atoms with Gasteiger partial charge in [0.15, 0.2) is 0 Å². The molecule has 0 aliphatic rings. The van der Waals surface area contributed by atoms with E-state index in [1.807, 2.05) is 31.2 Å².